The zero-order valence-corrected chi connectivity index (χ0v) is 19.0. The number of anilines is 1. The average molecular weight is 444 g/mol. The van der Waals surface area contributed by atoms with E-state index in [4.69, 9.17) is 0 Å². The van der Waals surface area contributed by atoms with E-state index >= 15 is 0 Å². The summed E-state index contributed by atoms with van der Waals surface area (Å²) in [5.74, 6) is -0.258. The molecule has 1 aliphatic rings. The van der Waals surface area contributed by atoms with Gasteiger partial charge in [0.15, 0.2) is 0 Å². The number of carbonyl (C=O) groups is 2. The van der Waals surface area contributed by atoms with Gasteiger partial charge in [-0.3, -0.25) is 14.3 Å². The predicted octanol–water partition coefficient (Wildman–Crippen LogP) is 3.24. The predicted molar refractivity (Wildman–Crippen MR) is 121 cm³/mol. The van der Waals surface area contributed by atoms with Gasteiger partial charge in [-0.25, -0.2) is 8.42 Å². The molecular weight excluding hydrogens is 414 g/mol. The molecule has 8 heteroatoms. The summed E-state index contributed by atoms with van der Waals surface area (Å²) in [6, 6.07) is 11.6. The van der Waals surface area contributed by atoms with E-state index in [1.165, 1.54) is 12.1 Å². The molecule has 1 heterocycles. The lowest BCUT2D eigenvalue weighted by molar-refractivity contribution is -0.121. The molecule has 0 aliphatic carbocycles. The molecule has 1 aliphatic heterocycles. The van der Waals surface area contributed by atoms with Crippen LogP contribution in [-0.2, 0) is 14.8 Å². The lowest BCUT2D eigenvalue weighted by Crippen LogP contribution is -2.49. The number of rotatable bonds is 6. The fraction of sp³-hybridized carbons (Fsp3) is 0.391. The Labute approximate surface area is 183 Å². The molecule has 2 amide bonds. The fourth-order valence-corrected chi connectivity index (χ4v) is 4.70. The first-order chi connectivity index (χ1) is 14.7. The first-order valence-corrected chi connectivity index (χ1v) is 12.0. The number of aryl methyl sites for hydroxylation is 2. The highest BCUT2D eigenvalue weighted by Gasteiger charge is 2.27. The zero-order valence-electron chi connectivity index (χ0n) is 18.1. The molecule has 2 aromatic carbocycles. The van der Waals surface area contributed by atoms with Crippen LogP contribution in [0.3, 0.4) is 0 Å². The number of piperidine rings is 1. The first-order valence-electron chi connectivity index (χ1n) is 10.5. The van der Waals surface area contributed by atoms with Crippen molar-refractivity contribution >= 4 is 27.5 Å². The summed E-state index contributed by atoms with van der Waals surface area (Å²) in [6.45, 7) is 6.51. The number of amides is 2. The Morgan fingerprint density at radius 2 is 1.81 bits per heavy atom. The van der Waals surface area contributed by atoms with E-state index < -0.39 is 10.0 Å². The molecule has 1 unspecified atom stereocenters. The Hall–Kier alpha value is -2.87. The second-order valence-electron chi connectivity index (χ2n) is 7.96. The van der Waals surface area contributed by atoms with Crippen molar-refractivity contribution in [1.82, 2.24) is 10.2 Å². The van der Waals surface area contributed by atoms with Gasteiger partial charge in [0.05, 0.1) is 4.90 Å². The standard InChI is InChI=1S/C23H29N3O4S/c1-4-22(27)24-19-6-5-13-26(15-19)23(28)21-14-20(12-9-17(21)3)31(29,30)25-18-10-7-16(2)8-11-18/h7-12,14,19,25H,4-6,13,15H2,1-3H3,(H,24,27). The minimum absolute atomic E-state index is 0.0363. The van der Waals surface area contributed by atoms with E-state index in [2.05, 4.69) is 10.0 Å². The van der Waals surface area contributed by atoms with Gasteiger partial charge in [-0.1, -0.05) is 30.7 Å². The van der Waals surface area contributed by atoms with Crippen LogP contribution in [0, 0.1) is 13.8 Å². The molecular formula is C23H29N3O4S. The Kier molecular flexibility index (Phi) is 7.00. The van der Waals surface area contributed by atoms with Crippen LogP contribution in [0.2, 0.25) is 0 Å². The highest BCUT2D eigenvalue weighted by atomic mass is 32.2. The van der Waals surface area contributed by atoms with Crippen molar-refractivity contribution in [3.8, 4) is 0 Å². The van der Waals surface area contributed by atoms with Crippen molar-refractivity contribution in [2.75, 3.05) is 17.8 Å². The van der Waals surface area contributed by atoms with Crippen molar-refractivity contribution < 1.29 is 18.0 Å². The molecule has 1 atom stereocenters. The molecule has 0 spiro atoms. The third kappa shape index (κ3) is 5.64. The van der Waals surface area contributed by atoms with Crippen molar-refractivity contribution in [2.24, 2.45) is 0 Å². The van der Waals surface area contributed by atoms with Gasteiger partial charge < -0.3 is 10.2 Å². The van der Waals surface area contributed by atoms with Gasteiger partial charge in [-0.05, 0) is 56.5 Å². The van der Waals surface area contributed by atoms with Crippen molar-refractivity contribution in [3.05, 3.63) is 59.2 Å². The number of carbonyl (C=O) groups excluding carboxylic acids is 2. The molecule has 0 bridgehead atoms. The molecule has 2 N–H and O–H groups in total. The van der Waals surface area contributed by atoms with Crippen LogP contribution >= 0.6 is 0 Å². The number of hydrogen-bond acceptors (Lipinski definition) is 4. The number of likely N-dealkylation sites (tertiary alicyclic amines) is 1. The summed E-state index contributed by atoms with van der Waals surface area (Å²) < 4.78 is 28.3. The molecule has 2 aromatic rings. The molecule has 0 radical (unpaired) electrons. The largest absolute Gasteiger partial charge is 0.352 e. The van der Waals surface area contributed by atoms with E-state index in [1.807, 2.05) is 19.1 Å². The van der Waals surface area contributed by atoms with Crippen LogP contribution in [0.25, 0.3) is 0 Å². The van der Waals surface area contributed by atoms with E-state index in [0.717, 1.165) is 18.4 Å². The topological polar surface area (TPSA) is 95.6 Å². The van der Waals surface area contributed by atoms with Gasteiger partial charge >= 0.3 is 0 Å². The van der Waals surface area contributed by atoms with Crippen LogP contribution in [-0.4, -0.2) is 44.3 Å². The monoisotopic (exact) mass is 443 g/mol. The van der Waals surface area contributed by atoms with E-state index in [9.17, 15) is 18.0 Å². The lowest BCUT2D eigenvalue weighted by Gasteiger charge is -2.33. The zero-order chi connectivity index (χ0) is 22.6. The SMILES string of the molecule is CCC(=O)NC1CCCN(C(=O)c2cc(S(=O)(=O)Nc3ccc(C)cc3)ccc2C)C1. The Morgan fingerprint density at radius 1 is 1.10 bits per heavy atom. The minimum atomic E-state index is -3.84. The summed E-state index contributed by atoms with van der Waals surface area (Å²) >= 11 is 0. The molecule has 166 valence electrons. The second-order valence-corrected chi connectivity index (χ2v) is 9.64. The molecule has 3 rings (SSSR count). The third-order valence-corrected chi connectivity index (χ3v) is 6.83. The van der Waals surface area contributed by atoms with Gasteiger partial charge in [0.25, 0.3) is 15.9 Å². The van der Waals surface area contributed by atoms with Crippen LogP contribution in [0.4, 0.5) is 5.69 Å². The smallest absolute Gasteiger partial charge is 0.261 e. The second kappa shape index (κ2) is 9.51. The van der Waals surface area contributed by atoms with Gasteiger partial charge in [-0.2, -0.15) is 0 Å². The first kappa shape index (κ1) is 22.8. The molecule has 7 nitrogen and oxygen atoms in total. The number of hydrogen-bond donors (Lipinski definition) is 2. The summed E-state index contributed by atoms with van der Waals surface area (Å²) in [7, 11) is -3.84. The van der Waals surface area contributed by atoms with Gasteiger partial charge in [0, 0.05) is 36.8 Å². The Morgan fingerprint density at radius 3 is 2.48 bits per heavy atom. The third-order valence-electron chi connectivity index (χ3n) is 5.45. The van der Waals surface area contributed by atoms with Crippen LogP contribution in [0.5, 0.6) is 0 Å². The van der Waals surface area contributed by atoms with Crippen molar-refractivity contribution in [3.63, 3.8) is 0 Å². The maximum absolute atomic E-state index is 13.2. The summed E-state index contributed by atoms with van der Waals surface area (Å²) in [5.41, 5.74) is 2.55. The number of benzene rings is 2. The quantitative estimate of drug-likeness (QED) is 0.716. The average Bonchev–Trinajstić information content (AvgIpc) is 2.75. The van der Waals surface area contributed by atoms with E-state index in [0.29, 0.717) is 36.3 Å². The van der Waals surface area contributed by atoms with Crippen LogP contribution in [0.1, 0.15) is 47.7 Å². The Balaban J connectivity index is 1.80. The molecule has 0 aromatic heterocycles. The normalized spacial score (nSPS) is 16.6. The highest BCUT2D eigenvalue weighted by molar-refractivity contribution is 7.92. The molecule has 0 saturated carbocycles. The molecule has 31 heavy (non-hydrogen) atoms. The van der Waals surface area contributed by atoms with Gasteiger partial charge in [-0.15, -0.1) is 0 Å². The summed E-state index contributed by atoms with van der Waals surface area (Å²) in [5, 5.41) is 2.95. The van der Waals surface area contributed by atoms with Crippen molar-refractivity contribution in [1.29, 1.82) is 0 Å². The lowest BCUT2D eigenvalue weighted by atomic mass is 10.0. The van der Waals surface area contributed by atoms with E-state index in [-0.39, 0.29) is 22.8 Å². The van der Waals surface area contributed by atoms with Gasteiger partial charge in [0.1, 0.15) is 0 Å². The summed E-state index contributed by atoms with van der Waals surface area (Å²) in [6.07, 6.45) is 2.01. The number of nitrogens with one attached hydrogen (secondary N) is 2. The fourth-order valence-electron chi connectivity index (χ4n) is 3.61. The Bertz CT molecular complexity index is 1060. The van der Waals surface area contributed by atoms with Crippen LogP contribution < -0.4 is 10.0 Å². The maximum atomic E-state index is 13.2. The highest BCUT2D eigenvalue weighted by Crippen LogP contribution is 2.22. The minimum Gasteiger partial charge on any atom is -0.352 e. The maximum Gasteiger partial charge on any atom is 0.261 e. The number of nitrogens with zero attached hydrogens (tertiary/aromatic N) is 1. The van der Waals surface area contributed by atoms with Crippen LogP contribution in [0.15, 0.2) is 47.4 Å². The van der Waals surface area contributed by atoms with Crippen molar-refractivity contribution in [2.45, 2.75) is 51.0 Å². The molecule has 1 saturated heterocycles. The molecule has 1 fully saturated rings. The van der Waals surface area contributed by atoms with Gasteiger partial charge in [0.2, 0.25) is 5.91 Å². The number of sulfonamides is 1. The van der Waals surface area contributed by atoms with E-state index in [1.54, 1.807) is 36.9 Å². The summed E-state index contributed by atoms with van der Waals surface area (Å²) in [4.78, 5) is 26.6.